The fraction of sp³-hybridized carbons (Fsp3) is 0.500. The normalized spacial score (nSPS) is 10.2. The highest BCUT2D eigenvalue weighted by molar-refractivity contribution is 9.09. The average molecular weight is 256 g/mol. The van der Waals surface area contributed by atoms with Gasteiger partial charge in [0.25, 0.3) is 0 Å². The topological polar surface area (TPSA) is 3.24 Å². The molecule has 0 saturated carbocycles. The zero-order valence-electron chi connectivity index (χ0n) is 8.96. The van der Waals surface area contributed by atoms with Crippen LogP contribution in [0.1, 0.15) is 18.9 Å². The van der Waals surface area contributed by atoms with Gasteiger partial charge in [-0.1, -0.05) is 33.6 Å². The zero-order chi connectivity index (χ0) is 10.4. The molecule has 0 saturated heterocycles. The predicted molar refractivity (Wildman–Crippen MR) is 67.5 cm³/mol. The van der Waals surface area contributed by atoms with Gasteiger partial charge in [0.1, 0.15) is 0 Å². The summed E-state index contributed by atoms with van der Waals surface area (Å²) in [5, 5.41) is 1.08. The van der Waals surface area contributed by atoms with E-state index in [1.165, 1.54) is 17.7 Å². The van der Waals surface area contributed by atoms with E-state index in [0.29, 0.717) is 0 Å². The highest BCUT2D eigenvalue weighted by atomic mass is 79.9. The number of halogens is 1. The van der Waals surface area contributed by atoms with E-state index in [1.807, 2.05) is 0 Å². The summed E-state index contributed by atoms with van der Waals surface area (Å²) in [6.07, 6.45) is 1.20. The summed E-state index contributed by atoms with van der Waals surface area (Å²) in [5.74, 6) is 0. The van der Waals surface area contributed by atoms with Gasteiger partial charge in [0.05, 0.1) is 0 Å². The molecule has 0 atom stereocenters. The molecule has 0 bridgehead atoms. The van der Waals surface area contributed by atoms with E-state index in [2.05, 4.69) is 58.9 Å². The van der Waals surface area contributed by atoms with E-state index >= 15 is 0 Å². The Kier molecular flexibility index (Phi) is 5.02. The lowest BCUT2D eigenvalue weighted by atomic mass is 10.2. The largest absolute Gasteiger partial charge is 0.372 e. The van der Waals surface area contributed by atoms with Crippen molar-refractivity contribution < 1.29 is 0 Å². The van der Waals surface area contributed by atoms with Crippen molar-refractivity contribution in [2.45, 2.75) is 20.3 Å². The second-order valence-electron chi connectivity index (χ2n) is 3.46. The molecular formula is C12H18BrN. The molecule has 0 aliphatic carbocycles. The molecular weight excluding hydrogens is 238 g/mol. The second-order valence-corrected chi connectivity index (χ2v) is 4.25. The van der Waals surface area contributed by atoms with Gasteiger partial charge in [0, 0.05) is 24.1 Å². The first-order valence-electron chi connectivity index (χ1n) is 5.15. The molecule has 0 heterocycles. The molecule has 0 aliphatic heterocycles. The van der Waals surface area contributed by atoms with E-state index in [0.717, 1.165) is 18.4 Å². The van der Waals surface area contributed by atoms with Crippen LogP contribution >= 0.6 is 15.9 Å². The van der Waals surface area contributed by atoms with Crippen molar-refractivity contribution >= 4 is 21.6 Å². The van der Waals surface area contributed by atoms with Crippen molar-refractivity contribution in [2.75, 3.05) is 23.3 Å². The highest BCUT2D eigenvalue weighted by Crippen LogP contribution is 2.15. The molecule has 14 heavy (non-hydrogen) atoms. The Morgan fingerprint density at radius 3 is 2.36 bits per heavy atom. The summed E-state index contributed by atoms with van der Waals surface area (Å²) in [6, 6.07) is 8.75. The van der Waals surface area contributed by atoms with Gasteiger partial charge in [-0.2, -0.15) is 0 Å². The lowest BCUT2D eigenvalue weighted by molar-refractivity contribution is 0.799. The molecule has 0 aliphatic rings. The first kappa shape index (κ1) is 11.6. The Morgan fingerprint density at radius 2 is 1.86 bits per heavy atom. The Bertz CT molecular complexity index is 256. The molecule has 2 heteroatoms. The molecule has 1 nitrogen and oxygen atoms in total. The summed E-state index contributed by atoms with van der Waals surface area (Å²) < 4.78 is 0. The van der Waals surface area contributed by atoms with E-state index < -0.39 is 0 Å². The molecule has 0 spiro atoms. The third kappa shape index (κ3) is 3.33. The number of hydrogen-bond acceptors (Lipinski definition) is 1. The number of alkyl halides is 1. The highest BCUT2D eigenvalue weighted by Gasteiger charge is 2.02. The first-order chi connectivity index (χ1) is 6.77. The summed E-state index contributed by atoms with van der Waals surface area (Å²) >= 11 is 3.46. The lowest BCUT2D eigenvalue weighted by Gasteiger charge is -2.22. The molecule has 0 amide bonds. The predicted octanol–water partition coefficient (Wildman–Crippen LogP) is 3.61. The fourth-order valence-corrected chi connectivity index (χ4v) is 1.73. The van der Waals surface area contributed by atoms with Gasteiger partial charge in [-0.15, -0.1) is 0 Å². The van der Waals surface area contributed by atoms with Gasteiger partial charge in [-0.25, -0.2) is 0 Å². The SMILES string of the molecule is CCN(CCCBr)c1ccc(C)cc1. The Morgan fingerprint density at radius 1 is 1.21 bits per heavy atom. The van der Waals surface area contributed by atoms with Gasteiger partial charge in [-0.05, 0) is 32.4 Å². The van der Waals surface area contributed by atoms with Crippen molar-refractivity contribution in [3.05, 3.63) is 29.8 Å². The van der Waals surface area contributed by atoms with Crippen LogP contribution in [0.4, 0.5) is 5.69 Å². The van der Waals surface area contributed by atoms with Gasteiger partial charge in [0.15, 0.2) is 0 Å². The van der Waals surface area contributed by atoms with E-state index in [1.54, 1.807) is 0 Å². The molecule has 1 aromatic carbocycles. The summed E-state index contributed by atoms with van der Waals surface area (Å²) in [6.45, 7) is 6.54. The van der Waals surface area contributed by atoms with Crippen molar-refractivity contribution in [3.8, 4) is 0 Å². The monoisotopic (exact) mass is 255 g/mol. The fourth-order valence-electron chi connectivity index (χ4n) is 1.48. The van der Waals surface area contributed by atoms with Crippen LogP contribution in [0.5, 0.6) is 0 Å². The van der Waals surface area contributed by atoms with E-state index in [9.17, 15) is 0 Å². The van der Waals surface area contributed by atoms with Crippen LogP contribution in [0.3, 0.4) is 0 Å². The average Bonchev–Trinajstić information content (AvgIpc) is 2.21. The summed E-state index contributed by atoms with van der Waals surface area (Å²) in [4.78, 5) is 2.40. The van der Waals surface area contributed by atoms with Crippen LogP contribution in [-0.4, -0.2) is 18.4 Å². The quantitative estimate of drug-likeness (QED) is 0.727. The maximum Gasteiger partial charge on any atom is 0.0366 e. The van der Waals surface area contributed by atoms with E-state index in [4.69, 9.17) is 0 Å². The van der Waals surface area contributed by atoms with Crippen molar-refractivity contribution in [2.24, 2.45) is 0 Å². The third-order valence-electron chi connectivity index (χ3n) is 2.34. The molecule has 0 aromatic heterocycles. The number of anilines is 1. The first-order valence-corrected chi connectivity index (χ1v) is 6.27. The summed E-state index contributed by atoms with van der Waals surface area (Å²) in [7, 11) is 0. The zero-order valence-corrected chi connectivity index (χ0v) is 10.5. The minimum absolute atomic E-state index is 1.08. The van der Waals surface area contributed by atoms with Crippen molar-refractivity contribution in [3.63, 3.8) is 0 Å². The van der Waals surface area contributed by atoms with Crippen molar-refractivity contribution in [1.29, 1.82) is 0 Å². The number of rotatable bonds is 5. The van der Waals surface area contributed by atoms with Crippen LogP contribution in [0, 0.1) is 6.92 Å². The van der Waals surface area contributed by atoms with Crippen LogP contribution in [-0.2, 0) is 0 Å². The van der Waals surface area contributed by atoms with Gasteiger partial charge >= 0.3 is 0 Å². The van der Waals surface area contributed by atoms with Gasteiger partial charge in [0.2, 0.25) is 0 Å². The minimum Gasteiger partial charge on any atom is -0.372 e. The maximum atomic E-state index is 3.46. The van der Waals surface area contributed by atoms with Crippen LogP contribution in [0.15, 0.2) is 24.3 Å². The Labute approximate surface area is 95.2 Å². The number of aryl methyl sites for hydroxylation is 1. The van der Waals surface area contributed by atoms with Crippen LogP contribution in [0.25, 0.3) is 0 Å². The van der Waals surface area contributed by atoms with Gasteiger partial charge in [-0.3, -0.25) is 0 Å². The lowest BCUT2D eigenvalue weighted by Crippen LogP contribution is -2.23. The molecule has 0 N–H and O–H groups in total. The van der Waals surface area contributed by atoms with Crippen molar-refractivity contribution in [1.82, 2.24) is 0 Å². The molecule has 0 fully saturated rings. The second kappa shape index (κ2) is 6.07. The molecule has 0 unspecified atom stereocenters. The Balaban J connectivity index is 2.64. The van der Waals surface area contributed by atoms with Crippen LogP contribution < -0.4 is 4.90 Å². The van der Waals surface area contributed by atoms with Gasteiger partial charge < -0.3 is 4.90 Å². The third-order valence-corrected chi connectivity index (χ3v) is 2.90. The number of hydrogen-bond donors (Lipinski definition) is 0. The molecule has 1 aromatic rings. The smallest absolute Gasteiger partial charge is 0.0366 e. The molecule has 1 rings (SSSR count). The number of benzene rings is 1. The number of nitrogens with zero attached hydrogens (tertiary/aromatic N) is 1. The molecule has 0 radical (unpaired) electrons. The maximum absolute atomic E-state index is 3.46. The standard InChI is InChI=1S/C12H18BrN/c1-3-14(10-4-9-13)12-7-5-11(2)6-8-12/h5-8H,3-4,9-10H2,1-2H3. The summed E-state index contributed by atoms with van der Waals surface area (Å²) in [5.41, 5.74) is 2.66. The Hall–Kier alpha value is -0.500. The molecule has 78 valence electrons. The minimum atomic E-state index is 1.08. The van der Waals surface area contributed by atoms with E-state index in [-0.39, 0.29) is 0 Å². The van der Waals surface area contributed by atoms with Crippen LogP contribution in [0.2, 0.25) is 0 Å².